The Labute approximate surface area is 314 Å². The molecule has 3 heterocycles. The molecular formula is C47H27N3O2. The van der Waals surface area contributed by atoms with Crippen LogP contribution in [0.3, 0.4) is 0 Å². The normalized spacial score (nSPS) is 15.1. The van der Waals surface area contributed by atoms with Crippen LogP contribution < -0.4 is 0 Å². The summed E-state index contributed by atoms with van der Waals surface area (Å²) in [4.78, 5) is 14.2. The molecule has 0 aliphatic rings. The van der Waals surface area contributed by atoms with Gasteiger partial charge in [-0.05, 0) is 63.5 Å². The molecule has 0 saturated heterocycles. The molecule has 0 atom stereocenters. The maximum absolute atomic E-state index is 9.34. The fraction of sp³-hybridized carbons (Fsp3) is 0. The van der Waals surface area contributed by atoms with Gasteiger partial charge in [-0.3, -0.25) is 0 Å². The topological polar surface area (TPSA) is 65.0 Å². The van der Waals surface area contributed by atoms with Crippen molar-refractivity contribution in [2.24, 2.45) is 0 Å². The monoisotopic (exact) mass is 677 g/mol. The van der Waals surface area contributed by atoms with Crippen LogP contribution in [0, 0.1) is 0 Å². The Balaban J connectivity index is 1.26. The van der Waals surface area contributed by atoms with E-state index in [1.807, 2.05) is 78.9 Å². The molecule has 0 bridgehead atoms. The van der Waals surface area contributed by atoms with E-state index in [-0.39, 0.29) is 16.6 Å². The van der Waals surface area contributed by atoms with Gasteiger partial charge in [-0.15, -0.1) is 0 Å². The van der Waals surface area contributed by atoms with Crippen LogP contribution in [0.1, 0.15) is 16.4 Å². The molecule has 11 rings (SSSR count). The molecule has 0 spiro atoms. The van der Waals surface area contributed by atoms with Crippen molar-refractivity contribution in [1.82, 2.24) is 15.0 Å². The molecule has 0 amide bonds. The molecule has 0 aliphatic carbocycles. The Bertz CT molecular complexity index is 3870. The lowest BCUT2D eigenvalue weighted by Crippen LogP contribution is -2.00. The zero-order valence-corrected chi connectivity index (χ0v) is 26.8. The summed E-state index contributed by atoms with van der Waals surface area (Å²) in [5, 5.41) is 4.36. The Morgan fingerprint density at radius 2 is 1.15 bits per heavy atom. The molecule has 11 aromatic rings. The summed E-state index contributed by atoms with van der Waals surface area (Å²) >= 11 is 0. The highest BCUT2D eigenvalue weighted by atomic mass is 16.3. The first kappa shape index (κ1) is 19.3. The Morgan fingerprint density at radius 3 is 2.04 bits per heavy atom. The van der Waals surface area contributed by atoms with E-state index in [0.717, 1.165) is 21.5 Å². The first-order chi connectivity index (χ1) is 30.7. The minimum atomic E-state index is -0.658. The van der Waals surface area contributed by atoms with Gasteiger partial charge in [0.15, 0.2) is 17.5 Å². The quantitative estimate of drug-likeness (QED) is 0.185. The summed E-state index contributed by atoms with van der Waals surface area (Å²) in [6, 6.07) is 21.3. The van der Waals surface area contributed by atoms with Crippen molar-refractivity contribution in [2.75, 3.05) is 0 Å². The fourth-order valence-electron chi connectivity index (χ4n) is 6.87. The summed E-state index contributed by atoms with van der Waals surface area (Å²) in [5.41, 5.74) is 3.04. The molecule has 5 nitrogen and oxygen atoms in total. The van der Waals surface area contributed by atoms with Crippen LogP contribution >= 0.6 is 0 Å². The summed E-state index contributed by atoms with van der Waals surface area (Å²) in [6.07, 6.45) is 0. The van der Waals surface area contributed by atoms with Gasteiger partial charge in [0.1, 0.15) is 22.3 Å². The van der Waals surface area contributed by atoms with E-state index in [0.29, 0.717) is 49.8 Å². The third-order valence-corrected chi connectivity index (χ3v) is 9.23. The number of hydrogen-bond acceptors (Lipinski definition) is 5. The van der Waals surface area contributed by atoms with E-state index >= 15 is 0 Å². The first-order valence-electron chi connectivity index (χ1n) is 22.4. The summed E-state index contributed by atoms with van der Waals surface area (Å²) in [6.45, 7) is 0. The van der Waals surface area contributed by atoms with Gasteiger partial charge in [0.05, 0.1) is 16.4 Å². The van der Waals surface area contributed by atoms with Crippen LogP contribution in [-0.2, 0) is 0 Å². The van der Waals surface area contributed by atoms with Gasteiger partial charge in [-0.1, -0.05) is 127 Å². The summed E-state index contributed by atoms with van der Waals surface area (Å²) in [5.74, 6) is -0.939. The number of para-hydroxylation sites is 2. The number of furan rings is 2. The summed E-state index contributed by atoms with van der Waals surface area (Å²) < 4.78 is 117. The number of aromatic nitrogens is 3. The molecule has 3 aromatic heterocycles. The average molecular weight is 678 g/mol. The lowest BCUT2D eigenvalue weighted by molar-refractivity contribution is 0.668. The van der Waals surface area contributed by atoms with Gasteiger partial charge in [0, 0.05) is 43.8 Å². The van der Waals surface area contributed by atoms with Crippen LogP contribution in [0.4, 0.5) is 0 Å². The van der Waals surface area contributed by atoms with Gasteiger partial charge in [0.25, 0.3) is 0 Å². The summed E-state index contributed by atoms with van der Waals surface area (Å²) in [7, 11) is 0. The van der Waals surface area contributed by atoms with E-state index in [4.69, 9.17) is 33.9 Å². The second kappa shape index (κ2) is 11.2. The van der Waals surface area contributed by atoms with Crippen LogP contribution in [0.25, 0.3) is 111 Å². The molecule has 52 heavy (non-hydrogen) atoms. The maximum atomic E-state index is 9.34. The number of rotatable bonds is 4. The van der Waals surface area contributed by atoms with Gasteiger partial charge < -0.3 is 8.83 Å². The second-order valence-electron chi connectivity index (χ2n) is 12.3. The standard InChI is InChI=1S/C47H27N3O2/c1-2-12-29(13-3-1)45-48-46(33-22-21-28-11-4-5-14-30(28)23-33)50-47(49-45)39-25-34(27-42-43(39)37-17-8-9-20-40(37)51-42)35-18-10-19-36-38-24-31-15-6-7-16-32(31)26-41(38)52-44(35)36/h1-27H/i1D,2D,3D,4D,5D,11D,12D,13D,14D,21D,22D,23D. The third kappa shape index (κ3) is 4.53. The van der Waals surface area contributed by atoms with E-state index in [1.165, 1.54) is 0 Å². The van der Waals surface area contributed by atoms with Gasteiger partial charge in [0.2, 0.25) is 0 Å². The third-order valence-electron chi connectivity index (χ3n) is 9.23. The zero-order valence-electron chi connectivity index (χ0n) is 38.8. The van der Waals surface area contributed by atoms with Gasteiger partial charge >= 0.3 is 0 Å². The van der Waals surface area contributed by atoms with Crippen molar-refractivity contribution in [3.63, 3.8) is 0 Å². The van der Waals surface area contributed by atoms with Gasteiger partial charge in [-0.2, -0.15) is 0 Å². The number of hydrogen-bond donors (Lipinski definition) is 0. The lowest BCUT2D eigenvalue weighted by atomic mass is 9.96. The van der Waals surface area contributed by atoms with Crippen LogP contribution in [-0.4, -0.2) is 15.0 Å². The average Bonchev–Trinajstić information content (AvgIpc) is 3.86. The molecule has 0 unspecified atom stereocenters. The number of nitrogens with zero attached hydrogens (tertiary/aromatic N) is 3. The van der Waals surface area contributed by atoms with Gasteiger partial charge in [-0.25, -0.2) is 15.0 Å². The van der Waals surface area contributed by atoms with Crippen molar-refractivity contribution >= 4 is 65.4 Å². The second-order valence-corrected chi connectivity index (χ2v) is 12.3. The molecule has 0 radical (unpaired) electrons. The molecule has 0 aliphatic heterocycles. The zero-order chi connectivity index (χ0) is 44.6. The highest BCUT2D eigenvalue weighted by Gasteiger charge is 2.21. The SMILES string of the molecule is [2H]c1c([2H])c([2H])c(-c2nc(-c3c([2H])c([2H])c4c([2H])c([2H])c([2H])c([2H])c4c3[2H])nc(-c3cc(-c4cccc5c4oc4cc6ccccc6cc45)cc4oc5ccccc5c34)n2)c([2H])c1[2H]. The molecule has 5 heteroatoms. The van der Waals surface area contributed by atoms with E-state index in [9.17, 15) is 1.37 Å². The highest BCUT2D eigenvalue weighted by molar-refractivity contribution is 6.16. The predicted octanol–water partition coefficient (Wildman–Crippen LogP) is 12.6. The van der Waals surface area contributed by atoms with E-state index in [2.05, 4.69) is 11.1 Å². The fourth-order valence-corrected chi connectivity index (χ4v) is 6.87. The number of fused-ring (bicyclic) bond motifs is 8. The van der Waals surface area contributed by atoms with Crippen LogP contribution in [0.15, 0.2) is 172 Å². The van der Waals surface area contributed by atoms with Crippen molar-refractivity contribution < 1.29 is 25.3 Å². The molecule has 0 saturated carbocycles. The first-order valence-corrected chi connectivity index (χ1v) is 16.4. The highest BCUT2D eigenvalue weighted by Crippen LogP contribution is 2.43. The van der Waals surface area contributed by atoms with Crippen molar-refractivity contribution in [3.8, 4) is 45.3 Å². The Hall–Kier alpha value is -7.11. The minimum Gasteiger partial charge on any atom is -0.456 e. The molecular weight excluding hydrogens is 639 g/mol. The van der Waals surface area contributed by atoms with E-state index < -0.39 is 95.3 Å². The Kier molecular flexibility index (Phi) is 4.16. The van der Waals surface area contributed by atoms with E-state index in [1.54, 1.807) is 6.07 Å². The smallest absolute Gasteiger partial charge is 0.164 e. The molecule has 242 valence electrons. The predicted molar refractivity (Wildman–Crippen MR) is 211 cm³/mol. The van der Waals surface area contributed by atoms with Crippen molar-refractivity contribution in [2.45, 2.75) is 0 Å². The van der Waals surface area contributed by atoms with Crippen LogP contribution in [0.2, 0.25) is 0 Å². The Morgan fingerprint density at radius 1 is 0.423 bits per heavy atom. The molecule has 8 aromatic carbocycles. The van der Waals surface area contributed by atoms with Crippen molar-refractivity contribution in [3.05, 3.63) is 164 Å². The molecule has 0 fully saturated rings. The van der Waals surface area contributed by atoms with Crippen LogP contribution in [0.5, 0.6) is 0 Å². The maximum Gasteiger partial charge on any atom is 0.164 e. The lowest BCUT2D eigenvalue weighted by Gasteiger charge is -2.11. The largest absolute Gasteiger partial charge is 0.456 e. The minimum absolute atomic E-state index is 0.117. The van der Waals surface area contributed by atoms with Crippen molar-refractivity contribution in [1.29, 1.82) is 0 Å². The number of benzene rings is 8. The molecule has 0 N–H and O–H groups in total.